The number of benzene rings is 7. The van der Waals surface area contributed by atoms with Crippen LogP contribution < -0.4 is 31.1 Å². The lowest BCUT2D eigenvalue weighted by Gasteiger charge is -2.44. The van der Waals surface area contributed by atoms with E-state index in [1.165, 1.54) is 0 Å². The number of rotatable bonds is 10. The Bertz CT molecular complexity index is 2210. The largest absolute Gasteiger partial charge is 0.413 e. The Balaban J connectivity index is 1.60. The molecule has 52 heavy (non-hydrogen) atoms. The predicted molar refractivity (Wildman–Crippen MR) is 231 cm³/mol. The summed E-state index contributed by atoms with van der Waals surface area (Å²) >= 11 is 2.34. The van der Waals surface area contributed by atoms with Gasteiger partial charge in [0.2, 0.25) is 0 Å². The van der Waals surface area contributed by atoms with Gasteiger partial charge in [-0.25, -0.2) is 0 Å². The quantitative estimate of drug-likeness (QED) is 0.0935. The summed E-state index contributed by atoms with van der Waals surface area (Å²) in [5.74, 6) is 3.61. The summed E-state index contributed by atoms with van der Waals surface area (Å²) in [4.78, 5) is 0. The fourth-order valence-electron chi connectivity index (χ4n) is 6.52. The first-order chi connectivity index (χ1) is 25.6. The Hall–Kier alpha value is -5.04. The minimum Gasteiger partial charge on any atom is -0.413 e. The third-order valence-corrected chi connectivity index (χ3v) is 22.1. The van der Waals surface area contributed by atoms with Crippen LogP contribution in [0.3, 0.4) is 0 Å². The molecule has 0 aliphatic rings. The minimum atomic E-state index is -3.84. The molecule has 0 spiro atoms. The summed E-state index contributed by atoms with van der Waals surface area (Å²) in [6, 6.07) is 70.7. The van der Waals surface area contributed by atoms with Crippen molar-refractivity contribution in [2.45, 2.75) is 0 Å². The molecule has 7 aromatic carbocycles. The van der Waals surface area contributed by atoms with Crippen molar-refractivity contribution in [1.29, 1.82) is 0 Å². The lowest BCUT2D eigenvalue weighted by Crippen LogP contribution is -2.79. The molecule has 0 amide bonds. The number of hydrogen-bond acceptors (Lipinski definition) is 2. The molecule has 0 N–H and O–H groups in total. The van der Waals surface area contributed by atoms with Crippen molar-refractivity contribution in [1.82, 2.24) is 0 Å². The summed E-state index contributed by atoms with van der Waals surface area (Å²) in [6.07, 6.45) is 6.81. The fourth-order valence-corrected chi connectivity index (χ4v) is 21.1. The Morgan fingerprint density at radius 2 is 0.750 bits per heavy atom. The first kappa shape index (κ1) is 35.4. The van der Waals surface area contributed by atoms with Gasteiger partial charge < -0.3 is 8.23 Å². The average Bonchev–Trinajstić information content (AvgIpc) is 3.23. The highest BCUT2D eigenvalue weighted by atomic mass is 127. The minimum absolute atomic E-state index is 0.924. The van der Waals surface area contributed by atoms with Crippen molar-refractivity contribution >= 4 is 78.9 Å². The van der Waals surface area contributed by atoms with Crippen LogP contribution >= 0.6 is 22.6 Å². The van der Waals surface area contributed by atoms with Crippen molar-refractivity contribution in [3.05, 3.63) is 215 Å². The highest BCUT2D eigenvalue weighted by molar-refractivity contribution is 14.1. The van der Waals surface area contributed by atoms with Gasteiger partial charge in [0.1, 0.15) is 0 Å². The van der Waals surface area contributed by atoms with Gasteiger partial charge in [-0.3, -0.25) is 0 Å². The van der Waals surface area contributed by atoms with Crippen molar-refractivity contribution < 1.29 is 8.23 Å². The van der Waals surface area contributed by atoms with Crippen LogP contribution in [0.4, 0.5) is 0 Å². The molecule has 0 saturated carbocycles. The van der Waals surface area contributed by atoms with Gasteiger partial charge in [-0.15, -0.1) is 6.42 Å². The molecule has 0 bridgehead atoms. The van der Waals surface area contributed by atoms with E-state index in [0.29, 0.717) is 0 Å². The maximum Gasteiger partial charge on any atom is 0.388 e. The zero-order chi connectivity index (χ0) is 35.7. The van der Waals surface area contributed by atoms with Crippen LogP contribution in [0.5, 0.6) is 0 Å². The van der Waals surface area contributed by atoms with Gasteiger partial charge in [0.25, 0.3) is 0 Å². The van der Waals surface area contributed by atoms with Crippen LogP contribution in [0.1, 0.15) is 5.56 Å². The summed E-state index contributed by atoms with van der Waals surface area (Å²) in [7, 11) is -10.9. The maximum atomic E-state index is 8.24. The van der Waals surface area contributed by atoms with E-state index in [0.717, 1.165) is 40.3 Å². The molecule has 0 aliphatic carbocycles. The topological polar surface area (TPSA) is 18.5 Å². The molecular formula is C46H35IO2Si3. The van der Waals surface area contributed by atoms with Gasteiger partial charge >= 0.3 is 25.2 Å². The van der Waals surface area contributed by atoms with E-state index < -0.39 is 25.2 Å². The van der Waals surface area contributed by atoms with Gasteiger partial charge in [0.15, 0.2) is 0 Å². The van der Waals surface area contributed by atoms with Gasteiger partial charge in [-0.1, -0.05) is 205 Å². The van der Waals surface area contributed by atoms with E-state index in [2.05, 4.69) is 179 Å². The second kappa shape index (κ2) is 16.1. The van der Waals surface area contributed by atoms with Crippen molar-refractivity contribution in [2.75, 3.05) is 0 Å². The Morgan fingerprint density at radius 3 is 1.12 bits per heavy atom. The van der Waals surface area contributed by atoms with Crippen molar-refractivity contribution in [3.63, 3.8) is 0 Å². The van der Waals surface area contributed by atoms with Crippen LogP contribution in [-0.2, 0) is 8.23 Å². The van der Waals surface area contributed by atoms with Gasteiger partial charge in [-0.2, -0.15) is 0 Å². The summed E-state index contributed by atoms with van der Waals surface area (Å²) in [6.45, 7) is 0. The van der Waals surface area contributed by atoms with E-state index in [1.54, 1.807) is 0 Å². The molecule has 0 aliphatic heterocycles. The smallest absolute Gasteiger partial charge is 0.388 e. The third kappa shape index (κ3) is 7.19. The monoisotopic (exact) mass is 830 g/mol. The summed E-state index contributed by atoms with van der Waals surface area (Å²) < 4.78 is 17.4. The Morgan fingerprint density at radius 1 is 0.404 bits per heavy atom. The predicted octanol–water partition coefficient (Wildman–Crippen LogP) is 6.16. The zero-order valence-corrected chi connectivity index (χ0v) is 33.6. The molecule has 0 aromatic heterocycles. The lowest BCUT2D eigenvalue weighted by atomic mass is 10.2. The second-order valence-corrected chi connectivity index (χ2v) is 23.1. The molecule has 0 heterocycles. The van der Waals surface area contributed by atoms with Gasteiger partial charge in [0.05, 0.1) is 0 Å². The van der Waals surface area contributed by atoms with Crippen molar-refractivity contribution in [2.24, 2.45) is 0 Å². The Kier molecular flexibility index (Phi) is 11.0. The van der Waals surface area contributed by atoms with Gasteiger partial charge in [-0.05, 0) is 71.9 Å². The highest BCUT2D eigenvalue weighted by Gasteiger charge is 2.57. The average molecular weight is 831 g/mol. The summed E-state index contributed by atoms with van der Waals surface area (Å²) in [5, 5.41) is 5.93. The summed E-state index contributed by atoms with van der Waals surface area (Å²) in [5.41, 5.74) is 8.12. The fraction of sp³-hybridized carbons (Fsp3) is 0. The third-order valence-electron chi connectivity index (χ3n) is 9.03. The molecule has 0 unspecified atom stereocenters. The molecule has 0 saturated heterocycles. The molecule has 0 atom stereocenters. The van der Waals surface area contributed by atoms with Crippen LogP contribution in [0.25, 0.3) is 0 Å². The molecule has 250 valence electrons. The normalized spacial score (nSPS) is 11.5. The van der Waals surface area contributed by atoms with Gasteiger partial charge in [0, 0.05) is 9.13 Å². The number of terminal acetylenes is 1. The van der Waals surface area contributed by atoms with E-state index in [1.807, 2.05) is 66.7 Å². The standard InChI is InChI=1S/C46H35IO2Si3/c1-2-50(41-24-9-3-10-25-41,42-26-11-4-12-27-42)48-52(45-32-17-7-18-33-45,46-34-19-8-20-35-46)49-51(43-28-13-5-14-29-43,44-30-15-6-16-31-44)37-36-39-22-21-23-40(47)38-39/h1,3-35,38H. The first-order valence-corrected chi connectivity index (χ1v) is 23.8. The van der Waals surface area contributed by atoms with E-state index in [-0.39, 0.29) is 0 Å². The van der Waals surface area contributed by atoms with Crippen LogP contribution in [0, 0.1) is 27.0 Å². The molecule has 0 radical (unpaired) electrons. The number of halogens is 1. The molecule has 2 nitrogen and oxygen atoms in total. The highest BCUT2D eigenvalue weighted by Crippen LogP contribution is 2.23. The van der Waals surface area contributed by atoms with Crippen LogP contribution in [-0.4, -0.2) is 25.2 Å². The zero-order valence-electron chi connectivity index (χ0n) is 28.4. The van der Waals surface area contributed by atoms with Crippen LogP contribution in [0.2, 0.25) is 0 Å². The van der Waals surface area contributed by atoms with E-state index in [4.69, 9.17) is 14.7 Å². The molecular weight excluding hydrogens is 796 g/mol. The van der Waals surface area contributed by atoms with E-state index >= 15 is 0 Å². The molecule has 7 rings (SSSR count). The second-order valence-electron chi connectivity index (χ2n) is 12.3. The molecule has 7 aromatic rings. The van der Waals surface area contributed by atoms with Crippen LogP contribution in [0.15, 0.2) is 206 Å². The number of hydrogen-bond donors (Lipinski definition) is 0. The Labute approximate surface area is 323 Å². The first-order valence-electron chi connectivity index (χ1n) is 17.1. The van der Waals surface area contributed by atoms with Crippen molar-refractivity contribution in [3.8, 4) is 23.4 Å². The van der Waals surface area contributed by atoms with E-state index in [9.17, 15) is 0 Å². The maximum absolute atomic E-state index is 8.24. The molecule has 0 fully saturated rings. The SMILES string of the molecule is C#C[Si](O[Si](O[Si](C#Cc1cccc(I)c1)(c1ccccc1)c1ccccc1)(c1ccccc1)c1ccccc1)(c1ccccc1)c1ccccc1. The molecule has 6 heteroatoms. The lowest BCUT2D eigenvalue weighted by molar-refractivity contribution is 0.431.